The van der Waals surface area contributed by atoms with E-state index in [2.05, 4.69) is 39.0 Å². The average molecular weight is 260 g/mol. The Hall–Kier alpha value is -1.51. The third-order valence-corrected chi connectivity index (χ3v) is 3.85. The minimum absolute atomic E-state index is 0.129. The summed E-state index contributed by atoms with van der Waals surface area (Å²) in [6.45, 7) is 7.12. The highest BCUT2D eigenvalue weighted by Gasteiger charge is 2.44. The van der Waals surface area contributed by atoms with Crippen LogP contribution in [0, 0.1) is 17.7 Å². The summed E-state index contributed by atoms with van der Waals surface area (Å²) in [5.41, 5.74) is 8.12. The van der Waals surface area contributed by atoms with E-state index in [4.69, 9.17) is 15.9 Å². The second-order valence-electron chi connectivity index (χ2n) is 6.19. The van der Waals surface area contributed by atoms with Gasteiger partial charge in [0.25, 0.3) is 0 Å². The zero-order valence-corrected chi connectivity index (χ0v) is 12.1. The summed E-state index contributed by atoms with van der Waals surface area (Å²) >= 11 is 0. The molecule has 0 heterocycles. The van der Waals surface area contributed by atoms with Crippen molar-refractivity contribution in [2.75, 3.05) is 6.61 Å². The van der Waals surface area contributed by atoms with Gasteiger partial charge in [0.15, 0.2) is 0 Å². The normalized spacial score (nSPS) is 16.4. The van der Waals surface area contributed by atoms with Gasteiger partial charge in [0, 0.05) is 11.8 Å². The van der Waals surface area contributed by atoms with Gasteiger partial charge in [-0.2, -0.15) is 0 Å². The Bertz CT molecular complexity index is 476. The van der Waals surface area contributed by atoms with Crippen LogP contribution in [0.25, 0.3) is 0 Å². The van der Waals surface area contributed by atoms with Gasteiger partial charge in [-0.1, -0.05) is 26.0 Å². The van der Waals surface area contributed by atoms with Gasteiger partial charge in [-0.25, -0.2) is 0 Å². The van der Waals surface area contributed by atoms with Crippen molar-refractivity contribution in [1.82, 2.24) is 0 Å². The Balaban J connectivity index is 2.07. The van der Waals surface area contributed by atoms with E-state index in [9.17, 15) is 0 Å². The summed E-state index contributed by atoms with van der Waals surface area (Å²) in [7, 11) is 0. The van der Waals surface area contributed by atoms with Crippen LogP contribution in [0.15, 0.2) is 18.2 Å². The van der Waals surface area contributed by atoms with Gasteiger partial charge in [-0.3, -0.25) is 5.41 Å². The van der Waals surface area contributed by atoms with E-state index >= 15 is 0 Å². The predicted octanol–water partition coefficient (Wildman–Crippen LogP) is 3.60. The molecule has 0 unspecified atom stereocenters. The van der Waals surface area contributed by atoms with Crippen molar-refractivity contribution < 1.29 is 4.74 Å². The van der Waals surface area contributed by atoms with Gasteiger partial charge in [0.2, 0.25) is 0 Å². The minimum Gasteiger partial charge on any atom is -0.493 e. The summed E-state index contributed by atoms with van der Waals surface area (Å²) in [5, 5.41) is 7.44. The Morgan fingerprint density at radius 3 is 2.63 bits per heavy atom. The van der Waals surface area contributed by atoms with Crippen molar-refractivity contribution in [2.24, 2.45) is 11.1 Å². The maximum Gasteiger partial charge on any atom is 0.123 e. The molecule has 19 heavy (non-hydrogen) atoms. The van der Waals surface area contributed by atoms with E-state index in [1.54, 1.807) is 0 Å². The number of nitrogens with one attached hydrogen (secondary N) is 1. The highest BCUT2D eigenvalue weighted by atomic mass is 16.5. The number of hydrogen-bond acceptors (Lipinski definition) is 2. The van der Waals surface area contributed by atoms with Crippen molar-refractivity contribution in [3.63, 3.8) is 0 Å². The molecule has 0 aromatic heterocycles. The molecule has 104 valence electrons. The number of hydrogen-bond donors (Lipinski definition) is 2. The van der Waals surface area contributed by atoms with E-state index in [0.29, 0.717) is 18.9 Å². The molecule has 1 aromatic rings. The molecule has 1 saturated carbocycles. The fraction of sp³-hybridized carbons (Fsp3) is 0.562. The van der Waals surface area contributed by atoms with Crippen LogP contribution in [0.4, 0.5) is 0 Å². The van der Waals surface area contributed by atoms with Gasteiger partial charge in [-0.15, -0.1) is 0 Å². The third-order valence-electron chi connectivity index (χ3n) is 3.85. The summed E-state index contributed by atoms with van der Waals surface area (Å²) in [4.78, 5) is 0. The van der Waals surface area contributed by atoms with Crippen LogP contribution in [0.3, 0.4) is 0 Å². The van der Waals surface area contributed by atoms with Crippen LogP contribution >= 0.6 is 0 Å². The molecule has 1 aliphatic carbocycles. The monoisotopic (exact) mass is 260 g/mol. The number of aryl methyl sites for hydroxylation is 1. The molecular formula is C16H24N2O. The summed E-state index contributed by atoms with van der Waals surface area (Å²) < 4.78 is 6.06. The third kappa shape index (κ3) is 3.49. The maximum absolute atomic E-state index is 7.44. The van der Waals surface area contributed by atoms with Crippen molar-refractivity contribution in [2.45, 2.75) is 46.0 Å². The highest BCUT2D eigenvalue weighted by molar-refractivity contribution is 5.78. The Morgan fingerprint density at radius 2 is 2.11 bits per heavy atom. The second kappa shape index (κ2) is 5.24. The SMILES string of the molecule is Cc1ccc(C(C)C)c(OCC2(CC(=N)N)CC2)c1. The molecule has 1 aliphatic rings. The highest BCUT2D eigenvalue weighted by Crippen LogP contribution is 2.49. The molecule has 0 atom stereocenters. The first-order chi connectivity index (χ1) is 8.92. The van der Waals surface area contributed by atoms with Crippen LogP contribution in [0.2, 0.25) is 0 Å². The maximum atomic E-state index is 7.44. The van der Waals surface area contributed by atoms with Crippen molar-refractivity contribution >= 4 is 5.84 Å². The quantitative estimate of drug-likeness (QED) is 0.606. The molecule has 0 spiro atoms. The molecule has 1 fully saturated rings. The molecule has 0 saturated heterocycles. The van der Waals surface area contributed by atoms with Crippen LogP contribution in [-0.4, -0.2) is 12.4 Å². The number of ether oxygens (including phenoxy) is 1. The minimum atomic E-state index is 0.129. The largest absolute Gasteiger partial charge is 0.493 e. The van der Waals surface area contributed by atoms with E-state index in [1.807, 2.05) is 0 Å². The molecule has 0 amide bonds. The Kier molecular flexibility index (Phi) is 3.83. The zero-order chi connectivity index (χ0) is 14.0. The van der Waals surface area contributed by atoms with Gasteiger partial charge in [0.05, 0.1) is 12.4 Å². The lowest BCUT2D eigenvalue weighted by atomic mass is 10.00. The number of rotatable bonds is 6. The molecule has 2 rings (SSSR count). The molecule has 0 bridgehead atoms. The fourth-order valence-corrected chi connectivity index (χ4v) is 2.43. The van der Waals surface area contributed by atoms with Crippen molar-refractivity contribution in [3.05, 3.63) is 29.3 Å². The first-order valence-corrected chi connectivity index (χ1v) is 6.98. The van der Waals surface area contributed by atoms with Gasteiger partial charge in [0.1, 0.15) is 5.75 Å². The average Bonchev–Trinajstić information content (AvgIpc) is 3.05. The van der Waals surface area contributed by atoms with Crippen molar-refractivity contribution in [1.29, 1.82) is 5.41 Å². The van der Waals surface area contributed by atoms with Crippen molar-refractivity contribution in [3.8, 4) is 5.75 Å². The lowest BCUT2D eigenvalue weighted by Gasteiger charge is -2.19. The summed E-state index contributed by atoms with van der Waals surface area (Å²) in [6.07, 6.45) is 2.90. The Labute approximate surface area is 115 Å². The number of amidine groups is 1. The molecule has 3 N–H and O–H groups in total. The predicted molar refractivity (Wildman–Crippen MR) is 79.0 cm³/mol. The smallest absolute Gasteiger partial charge is 0.123 e. The first-order valence-electron chi connectivity index (χ1n) is 6.98. The van der Waals surface area contributed by atoms with Crippen LogP contribution in [0.5, 0.6) is 5.75 Å². The van der Waals surface area contributed by atoms with Gasteiger partial charge < -0.3 is 10.5 Å². The van der Waals surface area contributed by atoms with Crippen LogP contribution < -0.4 is 10.5 Å². The lowest BCUT2D eigenvalue weighted by Crippen LogP contribution is -2.22. The fourth-order valence-electron chi connectivity index (χ4n) is 2.43. The van der Waals surface area contributed by atoms with E-state index in [-0.39, 0.29) is 11.3 Å². The van der Waals surface area contributed by atoms with Crippen LogP contribution in [-0.2, 0) is 0 Å². The van der Waals surface area contributed by atoms with E-state index < -0.39 is 0 Å². The van der Waals surface area contributed by atoms with E-state index in [1.165, 1.54) is 11.1 Å². The zero-order valence-electron chi connectivity index (χ0n) is 12.1. The number of nitrogens with two attached hydrogens (primary N) is 1. The van der Waals surface area contributed by atoms with Gasteiger partial charge >= 0.3 is 0 Å². The summed E-state index contributed by atoms with van der Waals surface area (Å²) in [5.74, 6) is 1.72. The van der Waals surface area contributed by atoms with Crippen LogP contribution in [0.1, 0.15) is 50.2 Å². The topological polar surface area (TPSA) is 59.1 Å². The second-order valence-corrected chi connectivity index (χ2v) is 6.19. The lowest BCUT2D eigenvalue weighted by molar-refractivity contribution is 0.235. The first kappa shape index (κ1) is 13.9. The molecule has 0 aliphatic heterocycles. The number of benzene rings is 1. The Morgan fingerprint density at radius 1 is 1.42 bits per heavy atom. The molecule has 3 nitrogen and oxygen atoms in total. The molecule has 1 aromatic carbocycles. The van der Waals surface area contributed by atoms with E-state index in [0.717, 1.165) is 18.6 Å². The summed E-state index contributed by atoms with van der Waals surface area (Å²) in [6, 6.07) is 6.39. The molecule has 0 radical (unpaired) electrons. The molecular weight excluding hydrogens is 236 g/mol. The van der Waals surface area contributed by atoms with Gasteiger partial charge in [-0.05, 0) is 42.9 Å². The standard InChI is InChI=1S/C16H24N2O/c1-11(2)13-5-4-12(3)8-14(13)19-10-16(6-7-16)9-15(17)18/h4-5,8,11H,6-7,9-10H2,1-3H3,(H3,17,18). The molecule has 3 heteroatoms.